The first-order valence-electron chi connectivity index (χ1n) is 6.72. The van der Waals surface area contributed by atoms with Crippen molar-refractivity contribution in [2.45, 2.75) is 24.7 Å². The predicted octanol–water partition coefficient (Wildman–Crippen LogP) is 1.35. The molecule has 108 valence electrons. The zero-order valence-corrected chi connectivity index (χ0v) is 12.3. The summed E-state index contributed by atoms with van der Waals surface area (Å²) in [7, 11) is -3.45. The largest absolute Gasteiger partial charge is 0.384 e. The molecule has 1 atom stereocenters. The normalized spacial score (nSPS) is 16.3. The minimum Gasteiger partial charge on any atom is -0.384 e. The summed E-state index contributed by atoms with van der Waals surface area (Å²) in [5, 5.41) is 8.60. The Hall–Kier alpha value is -1.35. The monoisotopic (exact) mass is 293 g/mol. The maximum Gasteiger partial charge on any atom is 0.240 e. The Morgan fingerprint density at radius 1 is 1.35 bits per heavy atom. The predicted molar refractivity (Wildman–Crippen MR) is 77.5 cm³/mol. The van der Waals surface area contributed by atoms with Crippen LogP contribution >= 0.6 is 0 Å². The van der Waals surface area contributed by atoms with Gasteiger partial charge in [-0.05, 0) is 48.9 Å². The van der Waals surface area contributed by atoms with Gasteiger partial charge in [0.1, 0.15) is 6.61 Å². The van der Waals surface area contributed by atoms with Crippen molar-refractivity contribution in [2.24, 2.45) is 11.8 Å². The molecule has 4 nitrogen and oxygen atoms in total. The molecule has 2 rings (SSSR count). The Labute approximate surface area is 120 Å². The fourth-order valence-corrected chi connectivity index (χ4v) is 3.16. The summed E-state index contributed by atoms with van der Waals surface area (Å²) in [5.41, 5.74) is 0.685. The minimum absolute atomic E-state index is 0.208. The van der Waals surface area contributed by atoms with Gasteiger partial charge in [-0.25, -0.2) is 13.1 Å². The SMILES string of the molecule is CC(CNS(=O)(=O)c1ccc(C#CCO)cc1)C1CC1. The van der Waals surface area contributed by atoms with Crippen LogP contribution in [0.2, 0.25) is 0 Å². The van der Waals surface area contributed by atoms with Crippen molar-refractivity contribution in [3.05, 3.63) is 29.8 Å². The number of hydrogen-bond donors (Lipinski definition) is 2. The van der Waals surface area contributed by atoms with E-state index in [9.17, 15) is 8.42 Å². The average Bonchev–Trinajstić information content (AvgIpc) is 3.27. The summed E-state index contributed by atoms with van der Waals surface area (Å²) in [4.78, 5) is 0.245. The molecule has 0 heterocycles. The molecule has 1 aromatic carbocycles. The summed E-state index contributed by atoms with van der Waals surface area (Å²) >= 11 is 0. The molecule has 20 heavy (non-hydrogen) atoms. The summed E-state index contributed by atoms with van der Waals surface area (Å²) in [5.74, 6) is 6.32. The van der Waals surface area contributed by atoms with E-state index in [0.717, 1.165) is 0 Å². The molecule has 0 amide bonds. The molecule has 1 aliphatic carbocycles. The smallest absolute Gasteiger partial charge is 0.240 e. The second-order valence-electron chi connectivity index (χ2n) is 5.15. The first-order valence-corrected chi connectivity index (χ1v) is 8.20. The maximum absolute atomic E-state index is 12.1. The Balaban J connectivity index is 2.01. The quantitative estimate of drug-likeness (QED) is 0.806. The van der Waals surface area contributed by atoms with Crippen LogP contribution in [0.3, 0.4) is 0 Å². The van der Waals surface area contributed by atoms with Gasteiger partial charge < -0.3 is 5.11 Å². The van der Waals surface area contributed by atoms with E-state index in [1.54, 1.807) is 12.1 Å². The molecule has 0 aliphatic heterocycles. The van der Waals surface area contributed by atoms with Gasteiger partial charge in [-0.3, -0.25) is 0 Å². The molecule has 0 spiro atoms. The molecule has 1 aromatic rings. The fraction of sp³-hybridized carbons (Fsp3) is 0.467. The molecule has 0 bridgehead atoms. The van der Waals surface area contributed by atoms with Crippen LogP contribution in [0.1, 0.15) is 25.3 Å². The van der Waals surface area contributed by atoms with Gasteiger partial charge in [-0.15, -0.1) is 0 Å². The Morgan fingerprint density at radius 3 is 2.55 bits per heavy atom. The van der Waals surface area contributed by atoms with Gasteiger partial charge in [0.15, 0.2) is 0 Å². The third-order valence-corrected chi connectivity index (χ3v) is 4.94. The van der Waals surface area contributed by atoms with Crippen molar-refractivity contribution in [2.75, 3.05) is 13.2 Å². The highest BCUT2D eigenvalue weighted by atomic mass is 32.2. The van der Waals surface area contributed by atoms with E-state index in [-0.39, 0.29) is 11.5 Å². The molecule has 1 saturated carbocycles. The van der Waals surface area contributed by atoms with Crippen LogP contribution < -0.4 is 4.72 Å². The average molecular weight is 293 g/mol. The van der Waals surface area contributed by atoms with E-state index in [0.29, 0.717) is 23.9 Å². The third kappa shape index (κ3) is 4.07. The van der Waals surface area contributed by atoms with E-state index in [2.05, 4.69) is 23.5 Å². The second-order valence-corrected chi connectivity index (χ2v) is 6.92. The Bertz CT molecular complexity index is 607. The van der Waals surface area contributed by atoms with Gasteiger partial charge in [0.2, 0.25) is 10.0 Å². The van der Waals surface area contributed by atoms with Crippen molar-refractivity contribution >= 4 is 10.0 Å². The molecule has 1 fully saturated rings. The zero-order chi connectivity index (χ0) is 14.6. The summed E-state index contributed by atoms with van der Waals surface area (Å²) in [6.45, 7) is 2.35. The van der Waals surface area contributed by atoms with Gasteiger partial charge in [0.25, 0.3) is 0 Å². The lowest BCUT2D eigenvalue weighted by atomic mass is 10.1. The lowest BCUT2D eigenvalue weighted by Crippen LogP contribution is -2.29. The number of nitrogens with one attached hydrogen (secondary N) is 1. The highest BCUT2D eigenvalue weighted by Gasteiger charge is 2.28. The van der Waals surface area contributed by atoms with Gasteiger partial charge in [-0.2, -0.15) is 0 Å². The van der Waals surface area contributed by atoms with E-state index < -0.39 is 10.0 Å². The molecule has 2 N–H and O–H groups in total. The number of sulfonamides is 1. The van der Waals surface area contributed by atoms with Gasteiger partial charge in [-0.1, -0.05) is 18.8 Å². The molecule has 5 heteroatoms. The molecular weight excluding hydrogens is 274 g/mol. The molecule has 0 aromatic heterocycles. The second kappa shape index (κ2) is 6.40. The maximum atomic E-state index is 12.1. The summed E-state index contributed by atoms with van der Waals surface area (Å²) < 4.78 is 26.9. The van der Waals surface area contributed by atoms with Crippen molar-refractivity contribution in [1.29, 1.82) is 0 Å². The first-order chi connectivity index (χ1) is 9.53. The van der Waals surface area contributed by atoms with Crippen LogP contribution in [0.4, 0.5) is 0 Å². The van der Waals surface area contributed by atoms with Crippen molar-refractivity contribution in [1.82, 2.24) is 4.72 Å². The Morgan fingerprint density at radius 2 is 2.00 bits per heavy atom. The van der Waals surface area contributed by atoms with Crippen molar-refractivity contribution < 1.29 is 13.5 Å². The number of hydrogen-bond acceptors (Lipinski definition) is 3. The standard InChI is InChI=1S/C15H19NO3S/c1-12(14-6-7-14)11-16-20(18,19)15-8-4-13(5-9-15)3-2-10-17/h4-5,8-9,12,14,16-17H,6-7,10-11H2,1H3. The number of rotatable bonds is 5. The van der Waals surface area contributed by atoms with E-state index >= 15 is 0 Å². The number of aliphatic hydroxyl groups is 1. The number of benzene rings is 1. The first kappa shape index (κ1) is 15.0. The molecule has 0 radical (unpaired) electrons. The summed E-state index contributed by atoms with van der Waals surface area (Å²) in [6.07, 6.45) is 2.42. The van der Waals surface area contributed by atoms with E-state index in [1.807, 2.05) is 0 Å². The van der Waals surface area contributed by atoms with Gasteiger partial charge in [0.05, 0.1) is 4.90 Å². The van der Waals surface area contributed by atoms with E-state index in [1.165, 1.54) is 25.0 Å². The number of aliphatic hydroxyl groups excluding tert-OH is 1. The topological polar surface area (TPSA) is 66.4 Å². The van der Waals surface area contributed by atoms with Crippen LogP contribution in [0.5, 0.6) is 0 Å². The molecule has 0 saturated heterocycles. The zero-order valence-electron chi connectivity index (χ0n) is 11.5. The van der Waals surface area contributed by atoms with Crippen LogP contribution in [-0.2, 0) is 10.0 Å². The van der Waals surface area contributed by atoms with Gasteiger partial charge >= 0.3 is 0 Å². The van der Waals surface area contributed by atoms with Crippen LogP contribution in [-0.4, -0.2) is 26.7 Å². The molecule has 1 aliphatic rings. The van der Waals surface area contributed by atoms with Crippen molar-refractivity contribution in [3.8, 4) is 11.8 Å². The Kier molecular flexibility index (Phi) is 4.81. The lowest BCUT2D eigenvalue weighted by Gasteiger charge is -2.12. The lowest BCUT2D eigenvalue weighted by molar-refractivity contribution is 0.350. The highest BCUT2D eigenvalue weighted by molar-refractivity contribution is 7.89. The summed E-state index contributed by atoms with van der Waals surface area (Å²) in [6, 6.07) is 6.35. The molecular formula is C15H19NO3S. The highest BCUT2D eigenvalue weighted by Crippen LogP contribution is 2.36. The van der Waals surface area contributed by atoms with Crippen LogP contribution in [0.25, 0.3) is 0 Å². The fourth-order valence-electron chi connectivity index (χ4n) is 2.02. The van der Waals surface area contributed by atoms with Crippen LogP contribution in [0, 0.1) is 23.7 Å². The van der Waals surface area contributed by atoms with Gasteiger partial charge in [0, 0.05) is 12.1 Å². The van der Waals surface area contributed by atoms with Crippen molar-refractivity contribution in [3.63, 3.8) is 0 Å². The van der Waals surface area contributed by atoms with Crippen LogP contribution in [0.15, 0.2) is 29.2 Å². The van der Waals surface area contributed by atoms with E-state index in [4.69, 9.17) is 5.11 Å². The minimum atomic E-state index is -3.45. The third-order valence-electron chi connectivity index (χ3n) is 3.50. The molecule has 1 unspecified atom stereocenters.